The van der Waals surface area contributed by atoms with Crippen LogP contribution in [0.1, 0.15) is 29.2 Å². The van der Waals surface area contributed by atoms with Crippen LogP contribution in [0, 0.1) is 0 Å². The number of carbonyl (C=O) groups excluding carboxylic acids is 1. The Labute approximate surface area is 147 Å². The number of pyridine rings is 1. The van der Waals surface area contributed by atoms with E-state index in [-0.39, 0.29) is 25.3 Å². The van der Waals surface area contributed by atoms with E-state index in [1.54, 1.807) is 12.3 Å². The summed E-state index contributed by atoms with van der Waals surface area (Å²) in [5.41, 5.74) is -0.342. The largest absolute Gasteiger partial charge is 0.485 e. The van der Waals surface area contributed by atoms with Crippen LogP contribution in [0.2, 0.25) is 0 Å². The van der Waals surface area contributed by atoms with Crippen LogP contribution in [0.15, 0.2) is 47.2 Å². The predicted molar refractivity (Wildman–Crippen MR) is 88.0 cm³/mol. The molecule has 0 spiro atoms. The first-order valence-electron chi connectivity index (χ1n) is 8.09. The van der Waals surface area contributed by atoms with Gasteiger partial charge in [-0.15, -0.1) is 0 Å². The average Bonchev–Trinajstić information content (AvgIpc) is 3.28. The lowest BCUT2D eigenvalue weighted by Crippen LogP contribution is -2.42. The quantitative estimate of drug-likeness (QED) is 0.730. The van der Waals surface area contributed by atoms with Gasteiger partial charge in [0, 0.05) is 11.6 Å². The lowest BCUT2D eigenvalue weighted by molar-refractivity contribution is 0.0657. The summed E-state index contributed by atoms with van der Waals surface area (Å²) >= 11 is 0. The number of halogens is 2. The molecule has 1 aliphatic rings. The fraction of sp³-hybridized carbons (Fsp3) is 0.278. The van der Waals surface area contributed by atoms with E-state index in [0.29, 0.717) is 17.0 Å². The maximum Gasteiger partial charge on any atom is 0.307 e. The van der Waals surface area contributed by atoms with Crippen LogP contribution in [0.25, 0.3) is 10.9 Å². The Morgan fingerprint density at radius 2 is 2.12 bits per heavy atom. The molecular formula is C18H15F2N3O3. The number of para-hydroxylation sites is 1. The number of ether oxygens (including phenoxy) is 1. The molecule has 3 aromatic rings. The van der Waals surface area contributed by atoms with Gasteiger partial charge < -0.3 is 14.5 Å². The zero-order chi connectivity index (χ0) is 18.1. The SMILES string of the molecule is O=C(NC1(C(F)F)CC1)c1nc(COc2cccc3cccnc23)co1. The number of rotatable bonds is 6. The topological polar surface area (TPSA) is 77.2 Å². The van der Waals surface area contributed by atoms with E-state index < -0.39 is 17.9 Å². The number of alkyl halides is 2. The molecule has 1 aliphatic carbocycles. The van der Waals surface area contributed by atoms with Gasteiger partial charge in [-0.1, -0.05) is 18.2 Å². The van der Waals surface area contributed by atoms with Crippen molar-refractivity contribution in [2.24, 2.45) is 0 Å². The summed E-state index contributed by atoms with van der Waals surface area (Å²) < 4.78 is 36.6. The van der Waals surface area contributed by atoms with Crippen molar-refractivity contribution < 1.29 is 22.7 Å². The van der Waals surface area contributed by atoms with Crippen LogP contribution in [0.3, 0.4) is 0 Å². The van der Waals surface area contributed by atoms with E-state index in [4.69, 9.17) is 9.15 Å². The van der Waals surface area contributed by atoms with Crippen molar-refractivity contribution in [2.45, 2.75) is 31.4 Å². The molecule has 0 unspecified atom stereocenters. The number of nitrogens with one attached hydrogen (secondary N) is 1. The molecule has 1 aromatic carbocycles. The summed E-state index contributed by atoms with van der Waals surface area (Å²) in [5, 5.41) is 3.24. The number of hydrogen-bond acceptors (Lipinski definition) is 5. The fourth-order valence-corrected chi connectivity index (χ4v) is 2.63. The number of benzene rings is 1. The van der Waals surface area contributed by atoms with Crippen molar-refractivity contribution in [2.75, 3.05) is 0 Å². The third-order valence-electron chi connectivity index (χ3n) is 4.29. The zero-order valence-corrected chi connectivity index (χ0v) is 13.6. The fourth-order valence-electron chi connectivity index (χ4n) is 2.63. The smallest absolute Gasteiger partial charge is 0.307 e. The van der Waals surface area contributed by atoms with Crippen LogP contribution in [-0.2, 0) is 6.61 Å². The molecule has 8 heteroatoms. The number of hydrogen-bond donors (Lipinski definition) is 1. The Balaban J connectivity index is 1.43. The van der Waals surface area contributed by atoms with Gasteiger partial charge in [0.05, 0.1) is 0 Å². The average molecular weight is 359 g/mol. The van der Waals surface area contributed by atoms with Gasteiger partial charge in [0.1, 0.15) is 35.4 Å². The van der Waals surface area contributed by atoms with Crippen molar-refractivity contribution in [3.05, 3.63) is 54.4 Å². The molecule has 0 aliphatic heterocycles. The van der Waals surface area contributed by atoms with Gasteiger partial charge in [0.2, 0.25) is 0 Å². The lowest BCUT2D eigenvalue weighted by Gasteiger charge is -2.14. The van der Waals surface area contributed by atoms with Gasteiger partial charge in [-0.3, -0.25) is 9.78 Å². The second kappa shape index (κ2) is 6.36. The van der Waals surface area contributed by atoms with E-state index in [9.17, 15) is 13.6 Å². The molecule has 1 amide bonds. The third kappa shape index (κ3) is 3.10. The van der Waals surface area contributed by atoms with Gasteiger partial charge in [0.25, 0.3) is 12.3 Å². The zero-order valence-electron chi connectivity index (χ0n) is 13.6. The van der Waals surface area contributed by atoms with E-state index in [1.807, 2.05) is 24.3 Å². The van der Waals surface area contributed by atoms with Crippen molar-refractivity contribution in [1.82, 2.24) is 15.3 Å². The van der Waals surface area contributed by atoms with Crippen LogP contribution in [0.5, 0.6) is 5.75 Å². The maximum absolute atomic E-state index is 12.9. The summed E-state index contributed by atoms with van der Waals surface area (Å²) in [4.78, 5) is 20.3. The lowest BCUT2D eigenvalue weighted by atomic mass is 10.2. The van der Waals surface area contributed by atoms with E-state index >= 15 is 0 Å². The first-order chi connectivity index (χ1) is 12.6. The summed E-state index contributed by atoms with van der Waals surface area (Å²) in [5.74, 6) is -0.431. The van der Waals surface area contributed by atoms with E-state index in [0.717, 1.165) is 5.39 Å². The molecule has 1 N–H and O–H groups in total. The number of fused-ring (bicyclic) bond motifs is 1. The molecule has 0 radical (unpaired) electrons. The Morgan fingerprint density at radius 3 is 2.88 bits per heavy atom. The molecule has 6 nitrogen and oxygen atoms in total. The second-order valence-corrected chi connectivity index (χ2v) is 6.17. The Hall–Kier alpha value is -3.03. The van der Waals surface area contributed by atoms with Crippen molar-refractivity contribution >= 4 is 16.8 Å². The van der Waals surface area contributed by atoms with Gasteiger partial charge >= 0.3 is 5.91 Å². The highest BCUT2D eigenvalue weighted by molar-refractivity contribution is 5.90. The Bertz CT molecular complexity index is 948. The summed E-state index contributed by atoms with van der Waals surface area (Å²) in [6, 6.07) is 9.30. The van der Waals surface area contributed by atoms with E-state index in [1.165, 1.54) is 6.26 Å². The highest BCUT2D eigenvalue weighted by Crippen LogP contribution is 2.41. The molecule has 0 saturated heterocycles. The van der Waals surface area contributed by atoms with Crippen LogP contribution < -0.4 is 10.1 Å². The minimum absolute atomic E-state index is 0.0620. The van der Waals surface area contributed by atoms with Crippen molar-refractivity contribution in [3.63, 3.8) is 0 Å². The summed E-state index contributed by atoms with van der Waals surface area (Å²) in [6.07, 6.45) is 0.838. The van der Waals surface area contributed by atoms with Gasteiger partial charge in [-0.25, -0.2) is 13.8 Å². The molecule has 1 fully saturated rings. The Morgan fingerprint density at radius 1 is 1.31 bits per heavy atom. The molecule has 134 valence electrons. The van der Waals surface area contributed by atoms with Crippen molar-refractivity contribution in [3.8, 4) is 5.75 Å². The molecule has 26 heavy (non-hydrogen) atoms. The van der Waals surface area contributed by atoms with E-state index in [2.05, 4.69) is 15.3 Å². The number of oxazole rings is 1. The van der Waals surface area contributed by atoms with Crippen LogP contribution in [0.4, 0.5) is 8.78 Å². The van der Waals surface area contributed by atoms with Gasteiger partial charge in [0.15, 0.2) is 0 Å². The standard InChI is InChI=1S/C18H15F2N3O3/c19-17(20)18(6-7-18)23-15(24)16-22-12(10-26-16)9-25-13-5-1-3-11-4-2-8-21-14(11)13/h1-5,8,10,17H,6-7,9H2,(H,23,24). The van der Waals surface area contributed by atoms with Gasteiger partial charge in [-0.05, 0) is 25.0 Å². The Kier molecular flexibility index (Phi) is 4.02. The molecular weight excluding hydrogens is 344 g/mol. The second-order valence-electron chi connectivity index (χ2n) is 6.17. The monoisotopic (exact) mass is 359 g/mol. The molecule has 0 atom stereocenters. The number of aromatic nitrogens is 2. The van der Waals surface area contributed by atoms with Crippen LogP contribution in [-0.4, -0.2) is 27.8 Å². The number of nitrogens with zero attached hydrogens (tertiary/aromatic N) is 2. The van der Waals surface area contributed by atoms with Crippen LogP contribution >= 0.6 is 0 Å². The minimum atomic E-state index is -2.61. The molecule has 4 rings (SSSR count). The molecule has 0 bridgehead atoms. The number of carbonyl (C=O) groups is 1. The third-order valence-corrected chi connectivity index (χ3v) is 4.29. The first-order valence-corrected chi connectivity index (χ1v) is 8.09. The normalized spacial score (nSPS) is 15.2. The first kappa shape index (κ1) is 16.4. The minimum Gasteiger partial charge on any atom is -0.485 e. The van der Waals surface area contributed by atoms with Gasteiger partial charge in [-0.2, -0.15) is 0 Å². The maximum atomic E-state index is 12.9. The predicted octanol–water partition coefficient (Wildman–Crippen LogP) is 3.33. The van der Waals surface area contributed by atoms with Crippen molar-refractivity contribution in [1.29, 1.82) is 0 Å². The number of amides is 1. The summed E-state index contributed by atoms with van der Waals surface area (Å²) in [6.45, 7) is 0.0620. The molecule has 2 heterocycles. The highest BCUT2D eigenvalue weighted by atomic mass is 19.3. The highest BCUT2D eigenvalue weighted by Gasteiger charge is 2.52. The molecule has 1 saturated carbocycles. The summed E-state index contributed by atoms with van der Waals surface area (Å²) in [7, 11) is 0. The molecule has 2 aromatic heterocycles.